The summed E-state index contributed by atoms with van der Waals surface area (Å²) in [7, 11) is 0. The molecule has 84 valence electrons. The number of para-hydroxylation sites is 1. The van der Waals surface area contributed by atoms with Gasteiger partial charge in [0.2, 0.25) is 0 Å². The third-order valence-electron chi connectivity index (χ3n) is 2.89. The Kier molecular flexibility index (Phi) is 1.92. The fourth-order valence-electron chi connectivity index (χ4n) is 1.99. The smallest absolute Gasteiger partial charge is 0.292 e. The highest BCUT2D eigenvalue weighted by Gasteiger charge is 2.06. The number of benzene rings is 1. The molecule has 3 aromatic rings. The average molecular weight is 226 g/mol. The summed E-state index contributed by atoms with van der Waals surface area (Å²) in [4.78, 5) is 16.2. The second kappa shape index (κ2) is 3.31. The molecule has 0 atom stereocenters. The van der Waals surface area contributed by atoms with Crippen molar-refractivity contribution in [1.82, 2.24) is 9.71 Å². The van der Waals surface area contributed by atoms with Gasteiger partial charge in [-0.15, -0.1) is 0 Å². The Morgan fingerprint density at radius 3 is 2.94 bits per heavy atom. The zero-order chi connectivity index (χ0) is 12.0. The molecular weight excluding hydrogens is 216 g/mol. The van der Waals surface area contributed by atoms with Gasteiger partial charge in [0.15, 0.2) is 0 Å². The molecule has 17 heavy (non-hydrogen) atoms. The van der Waals surface area contributed by atoms with E-state index in [-0.39, 0.29) is 0 Å². The van der Waals surface area contributed by atoms with Gasteiger partial charge in [0.25, 0.3) is 5.56 Å². The van der Waals surface area contributed by atoms with Crippen molar-refractivity contribution in [2.75, 3.05) is 0 Å². The molecule has 0 amide bonds. The second-order valence-corrected chi connectivity index (χ2v) is 4.03. The maximum atomic E-state index is 11.7. The molecule has 0 saturated carbocycles. The van der Waals surface area contributed by atoms with Crippen molar-refractivity contribution in [3.05, 3.63) is 52.4 Å². The lowest BCUT2D eigenvalue weighted by Crippen LogP contribution is -2.16. The first-order valence-electron chi connectivity index (χ1n) is 5.28. The number of hydrogen-bond donors (Lipinski definition) is 1. The van der Waals surface area contributed by atoms with Crippen molar-refractivity contribution in [2.24, 2.45) is 0 Å². The number of rotatable bonds is 0. The Balaban J connectivity index is 2.57. The maximum absolute atomic E-state index is 11.7. The summed E-state index contributed by atoms with van der Waals surface area (Å²) in [5, 5.41) is 10.6. The van der Waals surface area contributed by atoms with Crippen LogP contribution < -0.4 is 5.56 Å². The van der Waals surface area contributed by atoms with Gasteiger partial charge in [0.05, 0.1) is 16.4 Å². The minimum atomic E-state index is -0.446. The Morgan fingerprint density at radius 2 is 2.12 bits per heavy atom. The van der Waals surface area contributed by atoms with Crippen LogP contribution in [0.25, 0.3) is 21.8 Å². The predicted molar refractivity (Wildman–Crippen MR) is 65.4 cm³/mol. The van der Waals surface area contributed by atoms with Crippen LogP contribution in [0.3, 0.4) is 0 Å². The Bertz CT molecular complexity index is 790. The summed E-state index contributed by atoms with van der Waals surface area (Å²) in [6.07, 6.45) is 1.31. The number of pyridine rings is 2. The molecule has 0 aliphatic carbocycles. The molecule has 0 radical (unpaired) electrons. The molecule has 4 nitrogen and oxygen atoms in total. The summed E-state index contributed by atoms with van der Waals surface area (Å²) in [5.41, 5.74) is 2.10. The minimum absolute atomic E-state index is 0.424. The average Bonchev–Trinajstić information content (AvgIpc) is 2.33. The number of aromatic nitrogens is 2. The van der Waals surface area contributed by atoms with E-state index in [9.17, 15) is 10.0 Å². The third-order valence-corrected chi connectivity index (χ3v) is 2.89. The molecule has 0 spiro atoms. The molecule has 0 bridgehead atoms. The molecule has 0 aliphatic rings. The number of aryl methyl sites for hydroxylation is 1. The van der Waals surface area contributed by atoms with E-state index in [1.165, 1.54) is 6.20 Å². The molecule has 0 saturated heterocycles. The van der Waals surface area contributed by atoms with Crippen LogP contribution in [0.2, 0.25) is 0 Å². The second-order valence-electron chi connectivity index (χ2n) is 4.03. The van der Waals surface area contributed by atoms with Crippen LogP contribution in [0.1, 0.15) is 5.56 Å². The molecule has 1 N–H and O–H groups in total. The van der Waals surface area contributed by atoms with E-state index in [0.717, 1.165) is 16.5 Å². The van der Waals surface area contributed by atoms with Crippen LogP contribution in [0.5, 0.6) is 0 Å². The van der Waals surface area contributed by atoms with Gasteiger partial charge in [0.1, 0.15) is 0 Å². The van der Waals surface area contributed by atoms with Crippen molar-refractivity contribution in [1.29, 1.82) is 0 Å². The zero-order valence-corrected chi connectivity index (χ0v) is 9.21. The summed E-state index contributed by atoms with van der Waals surface area (Å²) >= 11 is 0. The van der Waals surface area contributed by atoms with E-state index in [4.69, 9.17) is 0 Å². The van der Waals surface area contributed by atoms with E-state index in [0.29, 0.717) is 15.6 Å². The van der Waals surface area contributed by atoms with Gasteiger partial charge in [-0.2, -0.15) is 4.73 Å². The van der Waals surface area contributed by atoms with Gasteiger partial charge in [-0.25, -0.2) is 4.98 Å². The summed E-state index contributed by atoms with van der Waals surface area (Å²) in [6.45, 7) is 1.98. The number of hydrogen-bond acceptors (Lipinski definition) is 3. The van der Waals surface area contributed by atoms with Crippen molar-refractivity contribution in [3.8, 4) is 0 Å². The van der Waals surface area contributed by atoms with Gasteiger partial charge in [-0.1, -0.05) is 18.2 Å². The monoisotopic (exact) mass is 226 g/mol. The fourth-order valence-corrected chi connectivity index (χ4v) is 1.99. The highest BCUT2D eigenvalue weighted by atomic mass is 16.5. The Labute approximate surface area is 96.7 Å². The lowest BCUT2D eigenvalue weighted by Gasteiger charge is -2.04. The van der Waals surface area contributed by atoms with Crippen LogP contribution >= 0.6 is 0 Å². The molecule has 0 unspecified atom stereocenters. The normalized spacial score (nSPS) is 11.1. The molecule has 2 aromatic heterocycles. The van der Waals surface area contributed by atoms with Crippen LogP contribution in [-0.4, -0.2) is 14.9 Å². The van der Waals surface area contributed by atoms with E-state index < -0.39 is 5.56 Å². The van der Waals surface area contributed by atoms with Crippen molar-refractivity contribution in [2.45, 2.75) is 6.92 Å². The molecule has 0 fully saturated rings. The standard InChI is InChI=1S/C13H10N2O2/c1-8-3-2-4-9-7-10-11(14-12(8)9)5-6-15(17)13(10)16/h2-7,17H,1H3. The van der Waals surface area contributed by atoms with Gasteiger partial charge in [0, 0.05) is 11.6 Å². The predicted octanol–water partition coefficient (Wildman–Crippen LogP) is 2.10. The highest BCUT2D eigenvalue weighted by Crippen LogP contribution is 2.19. The van der Waals surface area contributed by atoms with Gasteiger partial charge in [-0.05, 0) is 24.6 Å². The molecule has 1 aromatic carbocycles. The largest absolute Gasteiger partial charge is 0.425 e. The number of nitrogens with zero attached hydrogens (tertiary/aromatic N) is 2. The first-order chi connectivity index (χ1) is 8.16. The quantitative estimate of drug-likeness (QED) is 0.471. The fraction of sp³-hybridized carbons (Fsp3) is 0.0769. The van der Waals surface area contributed by atoms with Crippen molar-refractivity contribution < 1.29 is 5.21 Å². The molecule has 4 heteroatoms. The first-order valence-corrected chi connectivity index (χ1v) is 5.28. The van der Waals surface area contributed by atoms with Crippen LogP contribution in [0.4, 0.5) is 0 Å². The molecule has 2 heterocycles. The number of fused-ring (bicyclic) bond motifs is 2. The first kappa shape index (κ1) is 9.84. The lowest BCUT2D eigenvalue weighted by molar-refractivity contribution is 0.176. The zero-order valence-electron chi connectivity index (χ0n) is 9.21. The van der Waals surface area contributed by atoms with Crippen LogP contribution in [-0.2, 0) is 0 Å². The molecule has 0 aliphatic heterocycles. The van der Waals surface area contributed by atoms with Crippen LogP contribution in [0, 0.1) is 6.92 Å². The summed E-state index contributed by atoms with van der Waals surface area (Å²) < 4.78 is 0.575. The van der Waals surface area contributed by atoms with Gasteiger partial charge < -0.3 is 5.21 Å². The van der Waals surface area contributed by atoms with Crippen molar-refractivity contribution >= 4 is 21.8 Å². The third kappa shape index (κ3) is 1.38. The summed E-state index contributed by atoms with van der Waals surface area (Å²) in [6, 6.07) is 9.20. The lowest BCUT2D eigenvalue weighted by atomic mass is 10.1. The Morgan fingerprint density at radius 1 is 1.29 bits per heavy atom. The van der Waals surface area contributed by atoms with E-state index >= 15 is 0 Å². The summed E-state index contributed by atoms with van der Waals surface area (Å²) in [5.74, 6) is 0. The van der Waals surface area contributed by atoms with Crippen molar-refractivity contribution in [3.63, 3.8) is 0 Å². The van der Waals surface area contributed by atoms with Crippen LogP contribution in [0.15, 0.2) is 41.3 Å². The molecule has 3 rings (SSSR count). The van der Waals surface area contributed by atoms with E-state index in [1.54, 1.807) is 12.1 Å². The SMILES string of the molecule is Cc1cccc2cc3c(=O)n(O)ccc3nc12. The minimum Gasteiger partial charge on any atom is -0.425 e. The maximum Gasteiger partial charge on any atom is 0.292 e. The topological polar surface area (TPSA) is 55.1 Å². The van der Waals surface area contributed by atoms with Gasteiger partial charge >= 0.3 is 0 Å². The van der Waals surface area contributed by atoms with E-state index in [1.807, 2.05) is 25.1 Å². The highest BCUT2D eigenvalue weighted by molar-refractivity contribution is 5.93. The van der Waals surface area contributed by atoms with E-state index in [2.05, 4.69) is 4.98 Å². The van der Waals surface area contributed by atoms with Gasteiger partial charge in [-0.3, -0.25) is 4.79 Å². The molecular formula is C13H10N2O2. The Hall–Kier alpha value is -2.36.